The Morgan fingerprint density at radius 2 is 1.78 bits per heavy atom. The van der Waals surface area contributed by atoms with Crippen LogP contribution in [-0.4, -0.2) is 25.5 Å². The monoisotopic (exact) mass is 251 g/mol. The van der Waals surface area contributed by atoms with Crippen molar-refractivity contribution in [3.63, 3.8) is 0 Å². The van der Waals surface area contributed by atoms with Crippen molar-refractivity contribution >= 4 is 0 Å². The van der Waals surface area contributed by atoms with Gasteiger partial charge in [-0.2, -0.15) is 0 Å². The molecule has 2 rings (SSSR count). The quantitative estimate of drug-likeness (QED) is 0.876. The Morgan fingerprint density at radius 3 is 2.33 bits per heavy atom. The van der Waals surface area contributed by atoms with E-state index < -0.39 is 5.79 Å². The van der Waals surface area contributed by atoms with Gasteiger partial charge in [-0.15, -0.1) is 0 Å². The molecule has 1 aliphatic heterocycles. The van der Waals surface area contributed by atoms with Gasteiger partial charge in [-0.1, -0.05) is 44.2 Å². The van der Waals surface area contributed by atoms with Gasteiger partial charge >= 0.3 is 0 Å². The third kappa shape index (κ3) is 3.80. The third-order valence-electron chi connectivity index (χ3n) is 2.89. The van der Waals surface area contributed by atoms with Crippen LogP contribution in [0.2, 0.25) is 0 Å². The van der Waals surface area contributed by atoms with Crippen LogP contribution in [-0.2, 0) is 9.47 Å². The van der Waals surface area contributed by atoms with Crippen LogP contribution in [0.4, 0.5) is 0 Å². The molecular weight excluding hydrogens is 226 g/mol. The van der Waals surface area contributed by atoms with Gasteiger partial charge in [-0.25, -0.2) is 0 Å². The molecule has 0 amide bonds. The summed E-state index contributed by atoms with van der Waals surface area (Å²) in [5, 5.41) is 3.24. The second-order valence-electron chi connectivity index (χ2n) is 4.56. The lowest BCUT2D eigenvalue weighted by Gasteiger charge is -2.41. The summed E-state index contributed by atoms with van der Waals surface area (Å²) >= 11 is 0. The average Bonchev–Trinajstić information content (AvgIpc) is 2.41. The van der Waals surface area contributed by atoms with Gasteiger partial charge in [-0.05, 0) is 26.5 Å². The summed E-state index contributed by atoms with van der Waals surface area (Å²) in [6, 6.07) is 10.5. The predicted molar refractivity (Wildman–Crippen MR) is 74.5 cm³/mol. The summed E-state index contributed by atoms with van der Waals surface area (Å²) in [5.41, 5.74) is 1.19. The van der Waals surface area contributed by atoms with Crippen molar-refractivity contribution in [2.75, 3.05) is 13.7 Å². The standard InChI is InChI=1S/C13H19NO2.C2H6/c1-13(2)15-9-11(14-3)12(16-13)10-7-5-4-6-8-10;1-2/h4-8,11-12,14H,9H2,1-3H3;1-2H3. The Hall–Kier alpha value is -0.900. The Kier molecular flexibility index (Phi) is 5.79. The molecule has 1 aromatic carbocycles. The number of hydrogen-bond donors (Lipinski definition) is 1. The van der Waals surface area contributed by atoms with Crippen molar-refractivity contribution in [1.29, 1.82) is 0 Å². The Bertz CT molecular complexity index is 338. The first kappa shape index (κ1) is 15.2. The molecule has 1 aromatic rings. The van der Waals surface area contributed by atoms with Gasteiger partial charge in [0, 0.05) is 0 Å². The van der Waals surface area contributed by atoms with Gasteiger partial charge in [0.15, 0.2) is 5.79 Å². The lowest BCUT2D eigenvalue weighted by molar-refractivity contribution is -0.284. The number of ether oxygens (including phenoxy) is 2. The second kappa shape index (κ2) is 6.88. The van der Waals surface area contributed by atoms with Crippen LogP contribution in [0.1, 0.15) is 39.4 Å². The second-order valence-corrected chi connectivity index (χ2v) is 4.56. The van der Waals surface area contributed by atoms with Gasteiger partial charge in [0.2, 0.25) is 0 Å². The van der Waals surface area contributed by atoms with Gasteiger partial charge in [-0.3, -0.25) is 0 Å². The maximum atomic E-state index is 5.98. The first-order valence-corrected chi connectivity index (χ1v) is 6.66. The van der Waals surface area contributed by atoms with Crippen LogP contribution in [0.15, 0.2) is 30.3 Å². The van der Waals surface area contributed by atoms with Gasteiger partial charge < -0.3 is 14.8 Å². The third-order valence-corrected chi connectivity index (χ3v) is 2.89. The van der Waals surface area contributed by atoms with Crippen molar-refractivity contribution in [2.45, 2.75) is 45.6 Å². The highest BCUT2D eigenvalue weighted by Crippen LogP contribution is 2.32. The van der Waals surface area contributed by atoms with E-state index in [4.69, 9.17) is 9.47 Å². The van der Waals surface area contributed by atoms with Gasteiger partial charge in [0.05, 0.1) is 12.6 Å². The molecule has 102 valence electrons. The van der Waals surface area contributed by atoms with E-state index in [1.54, 1.807) is 0 Å². The maximum absolute atomic E-state index is 5.98. The molecule has 1 fully saturated rings. The minimum atomic E-state index is -0.506. The lowest BCUT2D eigenvalue weighted by atomic mass is 10.0. The van der Waals surface area contributed by atoms with E-state index in [1.165, 1.54) is 5.56 Å². The number of likely N-dealkylation sites (N-methyl/N-ethyl adjacent to an activating group) is 1. The van der Waals surface area contributed by atoms with Gasteiger partial charge in [0.25, 0.3) is 0 Å². The van der Waals surface area contributed by atoms with E-state index in [2.05, 4.69) is 17.4 Å². The Labute approximate surface area is 110 Å². The smallest absolute Gasteiger partial charge is 0.163 e. The van der Waals surface area contributed by atoms with Crippen molar-refractivity contribution in [2.24, 2.45) is 0 Å². The normalized spacial score (nSPS) is 26.1. The Balaban J connectivity index is 0.000000771. The van der Waals surface area contributed by atoms with Crippen molar-refractivity contribution in [3.05, 3.63) is 35.9 Å². The molecule has 0 bridgehead atoms. The molecule has 2 atom stereocenters. The van der Waals surface area contributed by atoms with Crippen molar-refractivity contribution in [3.8, 4) is 0 Å². The molecule has 1 heterocycles. The van der Waals surface area contributed by atoms with Crippen molar-refractivity contribution < 1.29 is 9.47 Å². The average molecular weight is 251 g/mol. The van der Waals surface area contributed by atoms with E-state index in [1.807, 2.05) is 52.9 Å². The summed E-state index contributed by atoms with van der Waals surface area (Å²) in [7, 11) is 1.94. The fourth-order valence-corrected chi connectivity index (χ4v) is 1.98. The molecule has 0 spiro atoms. The zero-order valence-corrected chi connectivity index (χ0v) is 12.1. The summed E-state index contributed by atoms with van der Waals surface area (Å²) in [5.74, 6) is -0.506. The zero-order chi connectivity index (χ0) is 13.6. The largest absolute Gasteiger partial charge is 0.349 e. The van der Waals surface area contributed by atoms with E-state index in [0.29, 0.717) is 6.61 Å². The minimum Gasteiger partial charge on any atom is -0.349 e. The molecule has 2 unspecified atom stereocenters. The molecule has 1 aliphatic rings. The van der Waals surface area contributed by atoms with Crippen molar-refractivity contribution in [1.82, 2.24) is 5.32 Å². The molecule has 3 heteroatoms. The molecular formula is C15H25NO2. The number of benzene rings is 1. The highest BCUT2D eigenvalue weighted by Gasteiger charge is 2.36. The van der Waals surface area contributed by atoms with E-state index in [-0.39, 0.29) is 12.1 Å². The maximum Gasteiger partial charge on any atom is 0.163 e. The lowest BCUT2D eigenvalue weighted by Crippen LogP contribution is -2.49. The van der Waals surface area contributed by atoms with Gasteiger partial charge in [0.1, 0.15) is 6.10 Å². The van der Waals surface area contributed by atoms with Crippen LogP contribution < -0.4 is 5.32 Å². The first-order chi connectivity index (χ1) is 8.62. The zero-order valence-electron chi connectivity index (χ0n) is 12.1. The first-order valence-electron chi connectivity index (χ1n) is 6.66. The summed E-state index contributed by atoms with van der Waals surface area (Å²) in [6.07, 6.45) is 0.0509. The SMILES string of the molecule is CC.CNC1COC(C)(C)OC1c1ccccc1. The minimum absolute atomic E-state index is 0.0509. The highest BCUT2D eigenvalue weighted by atomic mass is 16.7. The van der Waals surface area contributed by atoms with Crippen LogP contribution in [0, 0.1) is 0 Å². The number of hydrogen-bond acceptors (Lipinski definition) is 3. The predicted octanol–water partition coefficient (Wildman–Crippen LogP) is 3.12. The summed E-state index contributed by atoms with van der Waals surface area (Å²) in [6.45, 7) is 8.58. The molecule has 0 aromatic heterocycles. The fraction of sp³-hybridized carbons (Fsp3) is 0.600. The highest BCUT2D eigenvalue weighted by molar-refractivity contribution is 5.19. The molecule has 18 heavy (non-hydrogen) atoms. The molecule has 0 aliphatic carbocycles. The van der Waals surface area contributed by atoms with E-state index in [0.717, 1.165) is 0 Å². The molecule has 0 radical (unpaired) electrons. The van der Waals surface area contributed by atoms with Crippen LogP contribution in [0.25, 0.3) is 0 Å². The fourth-order valence-electron chi connectivity index (χ4n) is 1.98. The molecule has 1 N–H and O–H groups in total. The Morgan fingerprint density at radius 1 is 1.17 bits per heavy atom. The summed E-state index contributed by atoms with van der Waals surface area (Å²) < 4.78 is 11.6. The van der Waals surface area contributed by atoms with E-state index >= 15 is 0 Å². The number of nitrogens with one attached hydrogen (secondary N) is 1. The van der Waals surface area contributed by atoms with Crippen LogP contribution >= 0.6 is 0 Å². The summed E-state index contributed by atoms with van der Waals surface area (Å²) in [4.78, 5) is 0. The van der Waals surface area contributed by atoms with E-state index in [9.17, 15) is 0 Å². The van der Waals surface area contributed by atoms with Crippen LogP contribution in [0.5, 0.6) is 0 Å². The molecule has 1 saturated heterocycles. The molecule has 3 nitrogen and oxygen atoms in total. The number of rotatable bonds is 2. The molecule has 0 saturated carbocycles. The topological polar surface area (TPSA) is 30.5 Å². The van der Waals surface area contributed by atoms with Crippen LogP contribution in [0.3, 0.4) is 0 Å².